The van der Waals surface area contributed by atoms with Crippen LogP contribution in [-0.4, -0.2) is 61.6 Å². The topological polar surface area (TPSA) is 42.0 Å². The summed E-state index contributed by atoms with van der Waals surface area (Å²) in [6.45, 7) is 12.0. The van der Waals surface area contributed by atoms with Crippen molar-refractivity contribution in [3.63, 3.8) is 0 Å². The van der Waals surface area contributed by atoms with Crippen LogP contribution in [-0.2, 0) is 11.2 Å². The van der Waals surface area contributed by atoms with Crippen LogP contribution >= 0.6 is 0 Å². The van der Waals surface area contributed by atoms with Gasteiger partial charge in [-0.1, -0.05) is 13.0 Å². The molecule has 1 aliphatic rings. The third kappa shape index (κ3) is 5.13. The number of likely N-dealkylation sites (N-methyl/N-ethyl adjacent to an activating group) is 1. The summed E-state index contributed by atoms with van der Waals surface area (Å²) >= 11 is 0. The molecule has 0 unspecified atom stereocenters. The molecule has 2 rings (SSSR count). The Morgan fingerprint density at radius 1 is 1.00 bits per heavy atom. The standard InChI is InChI=1S/C19H30N2O3/c1-4-20-11-13-21(14-12-20)19(22)10-8-16-7-9-17(23-5-2)18(15-16)24-6-3/h7,9,15H,4-6,8,10-14H2,1-3H3. The molecule has 1 aromatic rings. The number of hydrogen-bond acceptors (Lipinski definition) is 4. The van der Waals surface area contributed by atoms with Gasteiger partial charge in [0.05, 0.1) is 13.2 Å². The Bertz CT molecular complexity index is 525. The van der Waals surface area contributed by atoms with Gasteiger partial charge in [-0.25, -0.2) is 0 Å². The van der Waals surface area contributed by atoms with Gasteiger partial charge in [0.1, 0.15) is 0 Å². The van der Waals surface area contributed by atoms with Crippen molar-refractivity contribution in [3.8, 4) is 11.5 Å². The van der Waals surface area contributed by atoms with Crippen LogP contribution < -0.4 is 9.47 Å². The van der Waals surface area contributed by atoms with E-state index in [2.05, 4.69) is 11.8 Å². The maximum atomic E-state index is 12.4. The molecule has 1 amide bonds. The van der Waals surface area contributed by atoms with E-state index in [4.69, 9.17) is 9.47 Å². The van der Waals surface area contributed by atoms with E-state index in [0.717, 1.165) is 56.2 Å². The molecule has 1 saturated heterocycles. The summed E-state index contributed by atoms with van der Waals surface area (Å²) in [5.74, 6) is 1.78. The summed E-state index contributed by atoms with van der Waals surface area (Å²) in [5.41, 5.74) is 1.11. The first-order valence-electron chi connectivity index (χ1n) is 9.06. The number of carbonyl (C=O) groups is 1. The van der Waals surface area contributed by atoms with Gasteiger partial charge in [-0.15, -0.1) is 0 Å². The van der Waals surface area contributed by atoms with Crippen LogP contribution in [0.3, 0.4) is 0 Å². The number of nitrogens with zero attached hydrogens (tertiary/aromatic N) is 2. The monoisotopic (exact) mass is 334 g/mol. The molecule has 5 nitrogen and oxygen atoms in total. The van der Waals surface area contributed by atoms with Gasteiger partial charge in [0.25, 0.3) is 0 Å². The van der Waals surface area contributed by atoms with E-state index in [-0.39, 0.29) is 5.91 Å². The first kappa shape index (κ1) is 18.6. The summed E-state index contributed by atoms with van der Waals surface area (Å²) in [6, 6.07) is 5.96. The Balaban J connectivity index is 1.89. The highest BCUT2D eigenvalue weighted by Gasteiger charge is 2.19. The molecule has 0 aromatic heterocycles. The smallest absolute Gasteiger partial charge is 0.222 e. The second-order valence-electron chi connectivity index (χ2n) is 5.96. The lowest BCUT2D eigenvalue weighted by molar-refractivity contribution is -0.132. The summed E-state index contributed by atoms with van der Waals surface area (Å²) in [7, 11) is 0. The number of rotatable bonds is 8. The van der Waals surface area contributed by atoms with E-state index < -0.39 is 0 Å². The predicted octanol–water partition coefficient (Wildman–Crippen LogP) is 2.58. The van der Waals surface area contributed by atoms with E-state index in [0.29, 0.717) is 19.6 Å². The van der Waals surface area contributed by atoms with E-state index in [1.165, 1.54) is 0 Å². The Hall–Kier alpha value is -1.75. The number of benzene rings is 1. The molecule has 0 saturated carbocycles. The normalized spacial score (nSPS) is 15.4. The van der Waals surface area contributed by atoms with E-state index in [1.807, 2.05) is 36.9 Å². The predicted molar refractivity (Wildman–Crippen MR) is 95.8 cm³/mol. The zero-order valence-corrected chi connectivity index (χ0v) is 15.2. The number of amides is 1. The number of ether oxygens (including phenoxy) is 2. The molecule has 0 N–H and O–H groups in total. The van der Waals surface area contributed by atoms with Crippen molar-refractivity contribution >= 4 is 5.91 Å². The molecule has 24 heavy (non-hydrogen) atoms. The molecular weight excluding hydrogens is 304 g/mol. The summed E-state index contributed by atoms with van der Waals surface area (Å²) in [5, 5.41) is 0. The molecule has 1 aliphatic heterocycles. The average Bonchev–Trinajstić information content (AvgIpc) is 2.62. The van der Waals surface area contributed by atoms with Crippen LogP contribution in [0.5, 0.6) is 11.5 Å². The Kier molecular flexibility index (Phi) is 7.37. The van der Waals surface area contributed by atoms with E-state index in [1.54, 1.807) is 0 Å². The zero-order valence-electron chi connectivity index (χ0n) is 15.2. The fourth-order valence-corrected chi connectivity index (χ4v) is 2.97. The van der Waals surface area contributed by atoms with Gasteiger partial charge in [-0.05, 0) is 44.5 Å². The van der Waals surface area contributed by atoms with Crippen molar-refractivity contribution in [3.05, 3.63) is 23.8 Å². The third-order valence-corrected chi connectivity index (χ3v) is 4.41. The lowest BCUT2D eigenvalue weighted by Gasteiger charge is -2.34. The lowest BCUT2D eigenvalue weighted by Crippen LogP contribution is -2.48. The van der Waals surface area contributed by atoms with E-state index >= 15 is 0 Å². The summed E-state index contributed by atoms with van der Waals surface area (Å²) in [4.78, 5) is 16.8. The fourth-order valence-electron chi connectivity index (χ4n) is 2.97. The van der Waals surface area contributed by atoms with Crippen LogP contribution in [0.25, 0.3) is 0 Å². The minimum Gasteiger partial charge on any atom is -0.490 e. The number of carbonyl (C=O) groups excluding carboxylic acids is 1. The lowest BCUT2D eigenvalue weighted by atomic mass is 10.1. The van der Waals surface area contributed by atoms with Crippen molar-refractivity contribution in [2.75, 3.05) is 45.9 Å². The van der Waals surface area contributed by atoms with Crippen LogP contribution in [0.15, 0.2) is 18.2 Å². The molecule has 1 fully saturated rings. The Morgan fingerprint density at radius 2 is 1.67 bits per heavy atom. The maximum absolute atomic E-state index is 12.4. The molecule has 5 heteroatoms. The average molecular weight is 334 g/mol. The summed E-state index contributed by atoms with van der Waals surface area (Å²) < 4.78 is 11.2. The molecule has 0 aliphatic carbocycles. The molecule has 0 spiro atoms. The number of aryl methyl sites for hydroxylation is 1. The minimum absolute atomic E-state index is 0.248. The maximum Gasteiger partial charge on any atom is 0.222 e. The second-order valence-corrected chi connectivity index (χ2v) is 5.96. The minimum atomic E-state index is 0.248. The van der Waals surface area contributed by atoms with Gasteiger partial charge in [-0.3, -0.25) is 4.79 Å². The molecule has 0 atom stereocenters. The second kappa shape index (κ2) is 9.52. The van der Waals surface area contributed by atoms with Crippen molar-refractivity contribution in [1.82, 2.24) is 9.80 Å². The van der Waals surface area contributed by atoms with Gasteiger partial charge in [0.2, 0.25) is 5.91 Å². The highest BCUT2D eigenvalue weighted by Crippen LogP contribution is 2.29. The largest absolute Gasteiger partial charge is 0.490 e. The molecule has 1 aromatic carbocycles. The molecule has 0 radical (unpaired) electrons. The number of hydrogen-bond donors (Lipinski definition) is 0. The van der Waals surface area contributed by atoms with Crippen LogP contribution in [0.2, 0.25) is 0 Å². The highest BCUT2D eigenvalue weighted by molar-refractivity contribution is 5.76. The van der Waals surface area contributed by atoms with Crippen molar-refractivity contribution in [1.29, 1.82) is 0 Å². The molecular formula is C19H30N2O3. The molecule has 134 valence electrons. The zero-order chi connectivity index (χ0) is 17.4. The van der Waals surface area contributed by atoms with Crippen LogP contribution in [0, 0.1) is 0 Å². The number of piperazine rings is 1. The third-order valence-electron chi connectivity index (χ3n) is 4.41. The Labute approximate surface area is 145 Å². The quantitative estimate of drug-likeness (QED) is 0.733. The molecule has 1 heterocycles. The van der Waals surface area contributed by atoms with Gasteiger partial charge in [0, 0.05) is 32.6 Å². The van der Waals surface area contributed by atoms with Gasteiger partial charge in [0.15, 0.2) is 11.5 Å². The van der Waals surface area contributed by atoms with Crippen molar-refractivity contribution < 1.29 is 14.3 Å². The van der Waals surface area contributed by atoms with Crippen molar-refractivity contribution in [2.24, 2.45) is 0 Å². The first-order chi connectivity index (χ1) is 11.7. The highest BCUT2D eigenvalue weighted by atomic mass is 16.5. The van der Waals surface area contributed by atoms with E-state index in [9.17, 15) is 4.79 Å². The van der Waals surface area contributed by atoms with Gasteiger partial charge >= 0.3 is 0 Å². The first-order valence-corrected chi connectivity index (χ1v) is 9.06. The summed E-state index contributed by atoms with van der Waals surface area (Å²) in [6.07, 6.45) is 1.28. The van der Waals surface area contributed by atoms with Crippen LogP contribution in [0.1, 0.15) is 32.8 Å². The van der Waals surface area contributed by atoms with Gasteiger partial charge < -0.3 is 19.3 Å². The SMILES string of the molecule is CCOc1ccc(CCC(=O)N2CCN(CC)CC2)cc1OCC. The van der Waals surface area contributed by atoms with Crippen LogP contribution in [0.4, 0.5) is 0 Å². The fraction of sp³-hybridized carbons (Fsp3) is 0.632. The molecule has 0 bridgehead atoms. The van der Waals surface area contributed by atoms with Gasteiger partial charge in [-0.2, -0.15) is 0 Å². The van der Waals surface area contributed by atoms with Crippen molar-refractivity contribution in [2.45, 2.75) is 33.6 Å². The Morgan fingerprint density at radius 3 is 2.29 bits per heavy atom.